The van der Waals surface area contributed by atoms with Crippen LogP contribution < -0.4 is 16.8 Å². The number of aromatic nitrogens is 5. The third-order valence-corrected chi connectivity index (χ3v) is 11.2. The molecule has 0 aliphatic heterocycles. The molecule has 5 aliphatic carbocycles. The molecule has 0 spiro atoms. The molecule has 0 bridgehead atoms. The van der Waals surface area contributed by atoms with Crippen LogP contribution >= 0.6 is 0 Å². The molecule has 5 aromatic rings. The monoisotopic (exact) mass is 916 g/mol. The molecular weight excluding hydrogens is 850 g/mol. The molecule has 1 unspecified atom stereocenters. The molecule has 345 valence electrons. The number of fused-ring (bicyclic) bond motifs is 5. The molecule has 14 nitrogen and oxygen atoms in total. The fraction of sp³-hybridized carbons (Fsp3) is 0.449. The van der Waals surface area contributed by atoms with E-state index in [-0.39, 0.29) is 17.9 Å². The van der Waals surface area contributed by atoms with Gasteiger partial charge in [-0.15, -0.1) is 0 Å². The van der Waals surface area contributed by atoms with E-state index in [1.165, 1.54) is 67.1 Å². The van der Waals surface area contributed by atoms with Gasteiger partial charge in [0.15, 0.2) is 5.78 Å². The van der Waals surface area contributed by atoms with E-state index in [4.69, 9.17) is 18.5 Å². The molecule has 5 aliphatic rings. The minimum atomic E-state index is -1.44. The SMILES string of the molecule is CN.CN=C1CCCc2cccnc21.CN[C@@H]1CCCc2cccnc21.CO.N[C@@H]1CCCc2cccnc21.O=C1CCCc2cccnc21.OC1CCCc2cccnc21.[O]=[Mn]=[O]. The summed E-state index contributed by atoms with van der Waals surface area (Å²) in [4.78, 5) is 36.7. The number of nitrogens with two attached hydrogens (primary N) is 2. The number of pyridine rings is 5. The van der Waals surface area contributed by atoms with Gasteiger partial charge in [-0.05, 0) is 162 Å². The molecule has 0 amide bonds. The summed E-state index contributed by atoms with van der Waals surface area (Å²) in [6.07, 6.45) is 24.9. The maximum absolute atomic E-state index is 11.2. The molecule has 0 radical (unpaired) electrons. The third-order valence-electron chi connectivity index (χ3n) is 11.2. The molecule has 0 aromatic carbocycles. The van der Waals surface area contributed by atoms with Gasteiger partial charge in [-0.25, -0.2) is 0 Å². The number of aliphatic imine (C=N–C) groups is 1. The molecule has 0 fully saturated rings. The van der Waals surface area contributed by atoms with Crippen molar-refractivity contribution in [2.75, 3.05) is 28.3 Å². The van der Waals surface area contributed by atoms with E-state index in [0.717, 1.165) is 93.3 Å². The molecule has 5 heterocycles. The Balaban J connectivity index is 0.000000205. The van der Waals surface area contributed by atoms with Crippen LogP contribution in [0.1, 0.15) is 143 Å². The number of aliphatic hydroxyl groups excluding tert-OH is 2. The number of ketones is 1. The molecule has 3 atom stereocenters. The number of aryl methyl sites for hydroxylation is 5. The number of nitrogens with zero attached hydrogens (tertiary/aromatic N) is 6. The number of nitrogens with one attached hydrogen (secondary N) is 1. The van der Waals surface area contributed by atoms with E-state index in [1.54, 1.807) is 12.4 Å². The predicted molar refractivity (Wildman–Crippen MR) is 246 cm³/mol. The van der Waals surface area contributed by atoms with Crippen LogP contribution in [0.3, 0.4) is 0 Å². The number of carbonyl (C=O) groups excluding carboxylic acids is 1. The van der Waals surface area contributed by atoms with Gasteiger partial charge in [0.1, 0.15) is 5.69 Å². The Kier molecular flexibility index (Phi) is 25.8. The van der Waals surface area contributed by atoms with Crippen molar-refractivity contribution < 1.29 is 37.5 Å². The first-order valence-corrected chi connectivity index (χ1v) is 23.1. The summed E-state index contributed by atoms with van der Waals surface area (Å²) in [6.45, 7) is 0. The number of rotatable bonds is 1. The Morgan fingerprint density at radius 3 is 1.55 bits per heavy atom. The zero-order chi connectivity index (χ0) is 46.5. The average molecular weight is 917 g/mol. The van der Waals surface area contributed by atoms with E-state index in [1.807, 2.05) is 75.2 Å². The quantitative estimate of drug-likeness (QED) is 0.108. The molecule has 64 heavy (non-hydrogen) atoms. The number of carbonyl (C=O) groups is 1. The Bertz CT molecular complexity index is 2150. The van der Waals surface area contributed by atoms with Crippen molar-refractivity contribution in [3.63, 3.8) is 0 Å². The molecule has 10 rings (SSSR count). The first kappa shape index (κ1) is 53.3. The van der Waals surface area contributed by atoms with Crippen molar-refractivity contribution in [3.8, 4) is 0 Å². The zero-order valence-electron chi connectivity index (χ0n) is 37.8. The van der Waals surface area contributed by atoms with Crippen LogP contribution in [0.15, 0.2) is 96.6 Å². The van der Waals surface area contributed by atoms with Gasteiger partial charge in [0.05, 0.1) is 34.6 Å². The van der Waals surface area contributed by atoms with Crippen molar-refractivity contribution in [3.05, 3.63) is 148 Å². The summed E-state index contributed by atoms with van der Waals surface area (Å²) < 4.78 is 16.8. The Labute approximate surface area is 384 Å². The van der Waals surface area contributed by atoms with E-state index in [2.05, 4.69) is 59.2 Å². The van der Waals surface area contributed by atoms with E-state index in [0.29, 0.717) is 18.2 Å². The van der Waals surface area contributed by atoms with Gasteiger partial charge in [-0.2, -0.15) is 0 Å². The van der Waals surface area contributed by atoms with Crippen molar-refractivity contribution in [1.29, 1.82) is 0 Å². The number of hydrogen-bond donors (Lipinski definition) is 5. The summed E-state index contributed by atoms with van der Waals surface area (Å²) in [6, 6.07) is 21.0. The molecule has 0 saturated heterocycles. The van der Waals surface area contributed by atoms with Crippen LogP contribution in [0.25, 0.3) is 0 Å². The van der Waals surface area contributed by atoms with Gasteiger partial charge in [0, 0.05) is 63.6 Å². The minimum absolute atomic E-state index is 0.181. The van der Waals surface area contributed by atoms with Crippen LogP contribution in [0.4, 0.5) is 0 Å². The van der Waals surface area contributed by atoms with Crippen molar-refractivity contribution in [1.82, 2.24) is 30.2 Å². The summed E-state index contributed by atoms with van der Waals surface area (Å²) >= 11 is -1.44. The van der Waals surface area contributed by atoms with E-state index < -0.39 is 14.8 Å². The first-order valence-electron chi connectivity index (χ1n) is 22.1. The third kappa shape index (κ3) is 16.5. The Morgan fingerprint density at radius 1 is 0.594 bits per heavy atom. The van der Waals surface area contributed by atoms with Crippen molar-refractivity contribution >= 4 is 11.5 Å². The molecule has 7 N–H and O–H groups in total. The van der Waals surface area contributed by atoms with Crippen LogP contribution in [-0.2, 0) is 54.6 Å². The van der Waals surface area contributed by atoms with E-state index >= 15 is 0 Å². The van der Waals surface area contributed by atoms with Crippen LogP contribution in [0, 0.1) is 0 Å². The second-order valence-electron chi connectivity index (χ2n) is 15.2. The number of aliphatic hydroxyl groups is 2. The van der Waals surface area contributed by atoms with E-state index in [9.17, 15) is 9.90 Å². The fourth-order valence-electron chi connectivity index (χ4n) is 8.25. The zero-order valence-corrected chi connectivity index (χ0v) is 39.0. The number of Topliss-reactive ketones (excluding diaryl/α,β-unsaturated/α-hetero) is 1. The van der Waals surface area contributed by atoms with Crippen molar-refractivity contribution in [2.24, 2.45) is 16.5 Å². The fourth-order valence-corrected chi connectivity index (χ4v) is 8.25. The van der Waals surface area contributed by atoms with Gasteiger partial charge in [-0.3, -0.25) is 34.7 Å². The van der Waals surface area contributed by atoms with Gasteiger partial charge >= 0.3 is 22.5 Å². The summed E-state index contributed by atoms with van der Waals surface area (Å²) in [7, 11) is 6.35. The van der Waals surface area contributed by atoms with Crippen LogP contribution in [0.2, 0.25) is 0 Å². The molecule has 0 saturated carbocycles. The van der Waals surface area contributed by atoms with Gasteiger partial charge in [0.25, 0.3) is 0 Å². The first-order chi connectivity index (χ1) is 31.4. The standard InChI is InChI=1S/C10H14N2.C10H12N2.C9H12N2.C9H11NO.C9H9NO.CH5N.CH4O.Mn.2O/c2*1-11-9-6-2-4-8-5-3-7-12-10(8)9;10-8-5-1-3-7-4-2-6-11-9(7)8;2*11-8-5-1-3-7-4-2-6-10-9(7)8;2*1-2;;;/h3,5,7,9,11H,2,4,6H2,1H3;3,5,7H,2,4,6H2,1H3;2,4,6,8H,1,3,5,10H2;2,4,6,8,11H,1,3,5H2;2,4,6H,1,3,5H2;2H2,1H3;2H,1H3;;;/t9-;;8-;;;;;;;/m1.1......./s1. The maximum atomic E-state index is 11.2. The van der Waals surface area contributed by atoms with Gasteiger partial charge in [-0.1, -0.05) is 30.3 Å². The Morgan fingerprint density at radius 2 is 1.02 bits per heavy atom. The summed E-state index contributed by atoms with van der Waals surface area (Å²) in [5.41, 5.74) is 23.0. The summed E-state index contributed by atoms with van der Waals surface area (Å²) in [5.74, 6) is 0.201. The van der Waals surface area contributed by atoms with Gasteiger partial charge in [0.2, 0.25) is 0 Å². The molecule has 15 heteroatoms. The number of hydrogen-bond acceptors (Lipinski definition) is 14. The molecule has 5 aromatic heterocycles. The molecular formula is C49H67MnN9O5. The second-order valence-corrected chi connectivity index (χ2v) is 15.4. The second kappa shape index (κ2) is 31.0. The summed E-state index contributed by atoms with van der Waals surface area (Å²) in [5, 5.41) is 19.8. The predicted octanol–water partition coefficient (Wildman–Crippen LogP) is 6.93. The Hall–Kier alpha value is -4.99. The topological polar surface area (TPSA) is 233 Å². The van der Waals surface area contributed by atoms with Crippen LogP contribution in [0.5, 0.6) is 0 Å². The van der Waals surface area contributed by atoms with Crippen molar-refractivity contribution in [2.45, 2.75) is 114 Å². The van der Waals surface area contributed by atoms with Gasteiger partial charge < -0.3 is 27.0 Å². The average Bonchev–Trinajstić information content (AvgIpc) is 3.36. The van der Waals surface area contributed by atoms with Crippen LogP contribution in [-0.4, -0.2) is 74.9 Å². The normalized spacial score (nSPS) is 18.7.